The molecule has 2 N–H and O–H groups in total. The summed E-state index contributed by atoms with van der Waals surface area (Å²) < 4.78 is 5.62. The summed E-state index contributed by atoms with van der Waals surface area (Å²) >= 11 is 6.12. The third kappa shape index (κ3) is 4.05. The molecule has 108 valence electrons. The van der Waals surface area contributed by atoms with Crippen LogP contribution in [0.5, 0.6) is 0 Å². The Morgan fingerprint density at radius 3 is 2.65 bits per heavy atom. The highest BCUT2D eigenvalue weighted by Crippen LogP contribution is 2.19. The maximum atomic E-state index is 6.12. The highest BCUT2D eigenvalue weighted by Gasteiger charge is 2.15. The molecular formula is C15H20ClN3O. The molecule has 0 saturated heterocycles. The van der Waals surface area contributed by atoms with Crippen molar-refractivity contribution >= 4 is 11.6 Å². The van der Waals surface area contributed by atoms with Crippen molar-refractivity contribution in [2.75, 3.05) is 0 Å². The minimum Gasteiger partial charge on any atom is -0.424 e. The van der Waals surface area contributed by atoms with Gasteiger partial charge in [0.05, 0.1) is 6.04 Å². The highest BCUT2D eigenvalue weighted by molar-refractivity contribution is 6.31. The van der Waals surface area contributed by atoms with Gasteiger partial charge in [0.2, 0.25) is 11.8 Å². The fourth-order valence-corrected chi connectivity index (χ4v) is 2.30. The molecule has 0 aliphatic heterocycles. The number of nitrogens with two attached hydrogens (primary N) is 1. The quantitative estimate of drug-likeness (QED) is 0.884. The second-order valence-corrected chi connectivity index (χ2v) is 5.77. The first-order valence-corrected chi connectivity index (χ1v) is 7.25. The Bertz CT molecular complexity index is 554. The van der Waals surface area contributed by atoms with Crippen LogP contribution >= 0.6 is 11.6 Å². The van der Waals surface area contributed by atoms with Gasteiger partial charge < -0.3 is 10.2 Å². The van der Waals surface area contributed by atoms with E-state index >= 15 is 0 Å². The molecule has 2 rings (SSSR count). The summed E-state index contributed by atoms with van der Waals surface area (Å²) in [5.74, 6) is 1.63. The maximum absolute atomic E-state index is 6.12. The predicted molar refractivity (Wildman–Crippen MR) is 79.5 cm³/mol. The van der Waals surface area contributed by atoms with E-state index in [1.165, 1.54) is 0 Å². The molecule has 4 nitrogen and oxygen atoms in total. The van der Waals surface area contributed by atoms with Crippen LogP contribution in [-0.2, 0) is 12.8 Å². The lowest BCUT2D eigenvalue weighted by atomic mass is 10.0. The molecule has 1 unspecified atom stereocenters. The number of halogens is 1. The molecule has 1 aromatic heterocycles. The van der Waals surface area contributed by atoms with Gasteiger partial charge in [0, 0.05) is 11.4 Å². The summed E-state index contributed by atoms with van der Waals surface area (Å²) in [5, 5.41) is 8.85. The number of aromatic nitrogens is 2. The summed E-state index contributed by atoms with van der Waals surface area (Å²) in [7, 11) is 0. The lowest BCUT2D eigenvalue weighted by Crippen LogP contribution is -2.13. The maximum Gasteiger partial charge on any atom is 0.233 e. The first kappa shape index (κ1) is 15.0. The number of benzene rings is 1. The second-order valence-electron chi connectivity index (χ2n) is 5.36. The van der Waals surface area contributed by atoms with E-state index < -0.39 is 0 Å². The summed E-state index contributed by atoms with van der Waals surface area (Å²) in [6.07, 6.45) is 2.29. The second kappa shape index (κ2) is 6.86. The van der Waals surface area contributed by atoms with Crippen LogP contribution in [0.1, 0.15) is 43.7 Å². The average molecular weight is 294 g/mol. The number of hydrogen-bond acceptors (Lipinski definition) is 4. The summed E-state index contributed by atoms with van der Waals surface area (Å²) in [4.78, 5) is 0. The van der Waals surface area contributed by atoms with Crippen molar-refractivity contribution in [2.45, 2.75) is 39.2 Å². The van der Waals surface area contributed by atoms with Gasteiger partial charge in [0.25, 0.3) is 0 Å². The Labute approximate surface area is 124 Å². The number of rotatable bonds is 6. The van der Waals surface area contributed by atoms with E-state index in [4.69, 9.17) is 21.8 Å². The molecule has 2 aromatic rings. The third-order valence-corrected chi connectivity index (χ3v) is 3.46. The zero-order valence-corrected chi connectivity index (χ0v) is 12.6. The van der Waals surface area contributed by atoms with Crippen molar-refractivity contribution in [3.05, 3.63) is 46.6 Å². The van der Waals surface area contributed by atoms with Crippen molar-refractivity contribution in [3.63, 3.8) is 0 Å². The van der Waals surface area contributed by atoms with Crippen LogP contribution in [0.3, 0.4) is 0 Å². The minimum atomic E-state index is -0.184. The molecule has 1 heterocycles. The van der Waals surface area contributed by atoms with E-state index in [2.05, 4.69) is 24.0 Å². The molecule has 20 heavy (non-hydrogen) atoms. The van der Waals surface area contributed by atoms with Crippen LogP contribution in [0.2, 0.25) is 5.02 Å². The number of nitrogens with zero attached hydrogens (tertiary/aromatic N) is 2. The number of hydrogen-bond donors (Lipinski definition) is 1. The van der Waals surface area contributed by atoms with Gasteiger partial charge >= 0.3 is 0 Å². The smallest absolute Gasteiger partial charge is 0.233 e. The molecule has 1 atom stereocenters. The summed E-state index contributed by atoms with van der Waals surface area (Å²) in [6.45, 7) is 4.24. The van der Waals surface area contributed by atoms with Crippen molar-refractivity contribution < 1.29 is 4.42 Å². The first-order chi connectivity index (χ1) is 9.56. The SMILES string of the molecule is CC(C)CC(N)c1nnc(CCc2ccccc2Cl)o1. The normalized spacial score (nSPS) is 12.8. The van der Waals surface area contributed by atoms with Crippen LogP contribution in [0.4, 0.5) is 0 Å². The van der Waals surface area contributed by atoms with Gasteiger partial charge in [-0.05, 0) is 30.4 Å². The molecule has 0 spiro atoms. The van der Waals surface area contributed by atoms with Gasteiger partial charge in [0.15, 0.2) is 0 Å². The molecule has 0 aliphatic carbocycles. The monoisotopic (exact) mass is 293 g/mol. The van der Waals surface area contributed by atoms with E-state index in [9.17, 15) is 0 Å². The van der Waals surface area contributed by atoms with Gasteiger partial charge in [-0.15, -0.1) is 10.2 Å². The van der Waals surface area contributed by atoms with Crippen LogP contribution in [0, 0.1) is 5.92 Å². The van der Waals surface area contributed by atoms with Gasteiger partial charge in [0.1, 0.15) is 0 Å². The zero-order valence-electron chi connectivity index (χ0n) is 11.8. The van der Waals surface area contributed by atoms with Crippen molar-refractivity contribution in [1.29, 1.82) is 0 Å². The Morgan fingerprint density at radius 2 is 1.95 bits per heavy atom. The van der Waals surface area contributed by atoms with E-state index in [0.29, 0.717) is 24.1 Å². The molecular weight excluding hydrogens is 274 g/mol. The molecule has 0 aliphatic rings. The molecule has 0 amide bonds. The Kier molecular flexibility index (Phi) is 5.15. The minimum absolute atomic E-state index is 0.184. The van der Waals surface area contributed by atoms with Gasteiger partial charge in [-0.3, -0.25) is 0 Å². The molecule has 0 fully saturated rings. The van der Waals surface area contributed by atoms with E-state index in [1.807, 2.05) is 24.3 Å². The van der Waals surface area contributed by atoms with Gasteiger partial charge in [-0.1, -0.05) is 43.6 Å². The molecule has 5 heteroatoms. The Balaban J connectivity index is 1.95. The fourth-order valence-electron chi connectivity index (χ4n) is 2.07. The average Bonchev–Trinajstić information content (AvgIpc) is 2.86. The highest BCUT2D eigenvalue weighted by atomic mass is 35.5. The third-order valence-electron chi connectivity index (χ3n) is 3.09. The van der Waals surface area contributed by atoms with Crippen LogP contribution in [0.25, 0.3) is 0 Å². The topological polar surface area (TPSA) is 64.9 Å². The first-order valence-electron chi connectivity index (χ1n) is 6.87. The van der Waals surface area contributed by atoms with E-state index in [0.717, 1.165) is 23.4 Å². The lowest BCUT2D eigenvalue weighted by molar-refractivity contribution is 0.383. The standard InChI is InChI=1S/C15H20ClN3O/c1-10(2)9-13(17)15-19-18-14(20-15)8-7-11-5-3-4-6-12(11)16/h3-6,10,13H,7-9,17H2,1-2H3. The Morgan fingerprint density at radius 1 is 1.20 bits per heavy atom. The van der Waals surface area contributed by atoms with E-state index in [1.54, 1.807) is 0 Å². The van der Waals surface area contributed by atoms with Crippen LogP contribution in [0.15, 0.2) is 28.7 Å². The number of aryl methyl sites for hydroxylation is 2. The fraction of sp³-hybridized carbons (Fsp3) is 0.467. The molecule has 0 saturated carbocycles. The Hall–Kier alpha value is -1.39. The molecule has 0 radical (unpaired) electrons. The molecule has 1 aromatic carbocycles. The van der Waals surface area contributed by atoms with Crippen molar-refractivity contribution in [1.82, 2.24) is 10.2 Å². The van der Waals surface area contributed by atoms with Gasteiger partial charge in [-0.2, -0.15) is 0 Å². The predicted octanol–water partition coefficient (Wildman–Crippen LogP) is 3.55. The lowest BCUT2D eigenvalue weighted by Gasteiger charge is -2.08. The summed E-state index contributed by atoms with van der Waals surface area (Å²) in [5.41, 5.74) is 7.11. The summed E-state index contributed by atoms with van der Waals surface area (Å²) in [6, 6.07) is 7.59. The largest absolute Gasteiger partial charge is 0.424 e. The zero-order chi connectivity index (χ0) is 14.5. The van der Waals surface area contributed by atoms with Gasteiger partial charge in [-0.25, -0.2) is 0 Å². The van der Waals surface area contributed by atoms with Crippen molar-refractivity contribution in [2.24, 2.45) is 11.7 Å². The van der Waals surface area contributed by atoms with E-state index in [-0.39, 0.29) is 6.04 Å². The molecule has 0 bridgehead atoms. The van der Waals surface area contributed by atoms with Crippen LogP contribution in [-0.4, -0.2) is 10.2 Å². The van der Waals surface area contributed by atoms with Crippen LogP contribution < -0.4 is 5.73 Å². The van der Waals surface area contributed by atoms with Crippen molar-refractivity contribution in [3.8, 4) is 0 Å².